The summed E-state index contributed by atoms with van der Waals surface area (Å²) in [5.74, 6) is -0.290. The summed E-state index contributed by atoms with van der Waals surface area (Å²) in [7, 11) is 2.54. The second-order valence-electron chi connectivity index (χ2n) is 6.46. The largest absolute Gasteiger partial charge is 0.497 e. The average molecular weight is 447 g/mol. The van der Waals surface area contributed by atoms with Crippen molar-refractivity contribution in [2.24, 2.45) is 0 Å². The van der Waals surface area contributed by atoms with Crippen LogP contribution >= 0.6 is 0 Å². The van der Waals surface area contributed by atoms with Gasteiger partial charge in [0.25, 0.3) is 0 Å². The molecule has 1 heterocycles. The number of H-pyrrole nitrogens is 1. The van der Waals surface area contributed by atoms with E-state index in [0.29, 0.717) is 28.8 Å². The average Bonchev–Trinajstić information content (AvgIpc) is 3.14. The molecule has 1 aromatic heterocycles. The van der Waals surface area contributed by atoms with Crippen LogP contribution in [0, 0.1) is 0 Å². The first-order valence-corrected chi connectivity index (χ1v) is 8.62. The molecule has 3 aromatic rings. The van der Waals surface area contributed by atoms with Gasteiger partial charge in [-0.15, -0.1) is 0 Å². The van der Waals surface area contributed by atoms with Crippen molar-refractivity contribution in [2.75, 3.05) is 14.2 Å². The van der Waals surface area contributed by atoms with E-state index in [2.05, 4.69) is 9.72 Å². The molecule has 0 amide bonds. The first kappa shape index (κ1) is 22.3. The van der Waals surface area contributed by atoms with E-state index in [1.165, 1.54) is 26.4 Å². The molecule has 2 aromatic carbocycles. The van der Waals surface area contributed by atoms with Gasteiger partial charge in [0, 0.05) is 17.5 Å². The van der Waals surface area contributed by atoms with Crippen LogP contribution in [0.5, 0.6) is 11.5 Å². The van der Waals surface area contributed by atoms with Gasteiger partial charge in [0.05, 0.1) is 30.9 Å². The minimum Gasteiger partial charge on any atom is -0.497 e. The van der Waals surface area contributed by atoms with Crippen LogP contribution in [0.4, 0.5) is 26.3 Å². The molecule has 0 bridgehead atoms. The van der Waals surface area contributed by atoms with Gasteiger partial charge >= 0.3 is 18.3 Å². The standard InChI is InChI=1S/C20H15F6NO4/c1-29-13-6-15-14(8-16(27-15)18(28)30-2)17(7-13)31-9-10-3-11(19(21,22)23)5-12(4-10)20(24,25)26/h3-8,27H,9H2,1-2H3. The second-order valence-corrected chi connectivity index (χ2v) is 6.46. The molecule has 5 nitrogen and oxygen atoms in total. The van der Waals surface area contributed by atoms with E-state index in [-0.39, 0.29) is 23.1 Å². The van der Waals surface area contributed by atoms with Crippen molar-refractivity contribution in [2.45, 2.75) is 19.0 Å². The number of aromatic nitrogens is 1. The maximum atomic E-state index is 13.0. The molecule has 0 aliphatic heterocycles. The van der Waals surface area contributed by atoms with Gasteiger partial charge in [-0.2, -0.15) is 26.3 Å². The van der Waals surface area contributed by atoms with Crippen LogP contribution in [0.2, 0.25) is 0 Å². The Labute approximate surface area is 171 Å². The summed E-state index contributed by atoms with van der Waals surface area (Å²) in [6.45, 7) is -0.589. The number of alkyl halides is 6. The molecule has 166 valence electrons. The molecule has 0 spiro atoms. The highest BCUT2D eigenvalue weighted by molar-refractivity contribution is 5.97. The fraction of sp³-hybridized carbons (Fsp3) is 0.250. The van der Waals surface area contributed by atoms with Gasteiger partial charge in [-0.25, -0.2) is 4.79 Å². The smallest absolute Gasteiger partial charge is 0.416 e. The molecule has 11 heteroatoms. The summed E-state index contributed by atoms with van der Waals surface area (Å²) in [4.78, 5) is 14.5. The normalized spacial score (nSPS) is 12.1. The number of rotatable bonds is 5. The van der Waals surface area contributed by atoms with Gasteiger partial charge in [0.2, 0.25) is 0 Å². The molecule has 0 radical (unpaired) electrons. The predicted molar refractivity (Wildman–Crippen MR) is 97.0 cm³/mol. The van der Waals surface area contributed by atoms with E-state index in [9.17, 15) is 31.1 Å². The Kier molecular flexibility index (Phi) is 5.79. The lowest BCUT2D eigenvalue weighted by atomic mass is 10.1. The number of fused-ring (bicyclic) bond motifs is 1. The topological polar surface area (TPSA) is 60.6 Å². The van der Waals surface area contributed by atoms with Crippen LogP contribution in [-0.2, 0) is 23.7 Å². The predicted octanol–water partition coefficient (Wildman–Crippen LogP) is 5.58. The number of aromatic amines is 1. The summed E-state index contributed by atoms with van der Waals surface area (Å²) in [6.07, 6.45) is -9.93. The molecule has 31 heavy (non-hydrogen) atoms. The Hall–Kier alpha value is -3.37. The zero-order valence-corrected chi connectivity index (χ0v) is 16.1. The van der Waals surface area contributed by atoms with Gasteiger partial charge in [-0.1, -0.05) is 0 Å². The number of methoxy groups -OCH3 is 2. The van der Waals surface area contributed by atoms with Crippen LogP contribution in [0.25, 0.3) is 10.9 Å². The number of hydrogen-bond donors (Lipinski definition) is 1. The van der Waals surface area contributed by atoms with E-state index in [1.54, 1.807) is 6.07 Å². The molecule has 0 aliphatic rings. The summed E-state index contributed by atoms with van der Waals surface area (Å²) < 4.78 is 93.5. The number of hydrogen-bond acceptors (Lipinski definition) is 4. The molecule has 0 saturated heterocycles. The van der Waals surface area contributed by atoms with Crippen LogP contribution < -0.4 is 9.47 Å². The van der Waals surface area contributed by atoms with Crippen molar-refractivity contribution in [1.82, 2.24) is 4.98 Å². The molecular formula is C20H15F6NO4. The first-order valence-electron chi connectivity index (χ1n) is 8.62. The quantitative estimate of drug-likeness (QED) is 0.410. The van der Waals surface area contributed by atoms with Gasteiger partial charge in [0.1, 0.15) is 23.8 Å². The molecular weight excluding hydrogens is 432 g/mol. The van der Waals surface area contributed by atoms with Crippen molar-refractivity contribution in [1.29, 1.82) is 0 Å². The molecule has 0 aliphatic carbocycles. The Morgan fingerprint density at radius 2 is 1.52 bits per heavy atom. The summed E-state index contributed by atoms with van der Waals surface area (Å²) in [5, 5.41) is 0.365. The Bertz CT molecular complexity index is 1090. The van der Waals surface area contributed by atoms with Crippen molar-refractivity contribution in [3.8, 4) is 11.5 Å². The highest BCUT2D eigenvalue weighted by Crippen LogP contribution is 2.37. The maximum Gasteiger partial charge on any atom is 0.416 e. The fourth-order valence-corrected chi connectivity index (χ4v) is 2.90. The maximum absolute atomic E-state index is 13.0. The number of carbonyl (C=O) groups is 1. The highest BCUT2D eigenvalue weighted by atomic mass is 19.4. The monoisotopic (exact) mass is 447 g/mol. The Morgan fingerprint density at radius 3 is 2.03 bits per heavy atom. The van der Waals surface area contributed by atoms with E-state index >= 15 is 0 Å². The van der Waals surface area contributed by atoms with Crippen molar-refractivity contribution in [3.63, 3.8) is 0 Å². The van der Waals surface area contributed by atoms with Gasteiger partial charge in [-0.3, -0.25) is 0 Å². The van der Waals surface area contributed by atoms with Crippen LogP contribution in [0.3, 0.4) is 0 Å². The molecule has 1 N–H and O–H groups in total. The number of benzene rings is 2. The summed E-state index contributed by atoms with van der Waals surface area (Å²) >= 11 is 0. The van der Waals surface area contributed by atoms with Crippen molar-refractivity contribution >= 4 is 16.9 Å². The Morgan fingerprint density at radius 1 is 0.903 bits per heavy atom. The molecule has 0 saturated carbocycles. The lowest BCUT2D eigenvalue weighted by Gasteiger charge is -2.15. The minimum atomic E-state index is -4.96. The van der Waals surface area contributed by atoms with Crippen molar-refractivity contribution in [3.05, 3.63) is 58.8 Å². The highest BCUT2D eigenvalue weighted by Gasteiger charge is 2.36. The van der Waals surface area contributed by atoms with Gasteiger partial charge < -0.3 is 19.2 Å². The number of ether oxygens (including phenoxy) is 3. The Balaban J connectivity index is 2.00. The number of esters is 1. The first-order chi connectivity index (χ1) is 14.4. The SMILES string of the molecule is COC(=O)c1cc2c(OCc3cc(C(F)(F)F)cc(C(F)(F)F)c3)cc(OC)cc2[nH]1. The summed E-state index contributed by atoms with van der Waals surface area (Å²) in [6, 6.07) is 5.55. The van der Waals surface area contributed by atoms with Crippen LogP contribution in [-0.4, -0.2) is 25.2 Å². The van der Waals surface area contributed by atoms with Gasteiger partial charge in [-0.05, 0) is 29.8 Å². The van der Waals surface area contributed by atoms with Crippen molar-refractivity contribution < 1.29 is 45.3 Å². The van der Waals surface area contributed by atoms with Gasteiger partial charge in [0.15, 0.2) is 0 Å². The number of halogens is 6. The van der Waals surface area contributed by atoms with E-state index < -0.39 is 36.1 Å². The molecule has 0 atom stereocenters. The third-order valence-corrected chi connectivity index (χ3v) is 4.36. The second kappa shape index (κ2) is 8.05. The molecule has 3 rings (SSSR count). The van der Waals surface area contributed by atoms with Crippen LogP contribution in [0.15, 0.2) is 36.4 Å². The third-order valence-electron chi connectivity index (χ3n) is 4.36. The number of nitrogens with one attached hydrogen (secondary N) is 1. The lowest BCUT2D eigenvalue weighted by molar-refractivity contribution is -0.143. The lowest BCUT2D eigenvalue weighted by Crippen LogP contribution is -2.12. The number of carbonyl (C=O) groups excluding carboxylic acids is 1. The zero-order chi connectivity index (χ0) is 23.0. The molecule has 0 unspecified atom stereocenters. The molecule has 0 fully saturated rings. The zero-order valence-electron chi connectivity index (χ0n) is 16.1. The fourth-order valence-electron chi connectivity index (χ4n) is 2.90. The third kappa shape index (κ3) is 4.86. The van der Waals surface area contributed by atoms with E-state index in [0.717, 1.165) is 0 Å². The van der Waals surface area contributed by atoms with E-state index in [1.807, 2.05) is 0 Å². The van der Waals surface area contributed by atoms with Crippen LogP contribution in [0.1, 0.15) is 27.2 Å². The minimum absolute atomic E-state index is 0.0437. The summed E-state index contributed by atoms with van der Waals surface area (Å²) in [5.41, 5.74) is -2.73. The van der Waals surface area contributed by atoms with E-state index in [4.69, 9.17) is 9.47 Å².